The molecule has 0 aromatic rings. The molecule has 2 unspecified atom stereocenters. The van der Waals surface area contributed by atoms with Crippen LogP contribution in [0.5, 0.6) is 0 Å². The Morgan fingerprint density at radius 3 is 2.45 bits per heavy atom. The summed E-state index contributed by atoms with van der Waals surface area (Å²) in [6.07, 6.45) is 4.91. The molecule has 3 atom stereocenters. The van der Waals surface area contributed by atoms with Gasteiger partial charge in [-0.25, -0.2) is 4.79 Å². The zero-order chi connectivity index (χ0) is 16.5. The van der Waals surface area contributed by atoms with Crippen LogP contribution in [0.4, 0.5) is 4.79 Å². The Hall–Kier alpha value is -0.620. The Labute approximate surface area is 131 Å². The van der Waals surface area contributed by atoms with E-state index in [4.69, 9.17) is 9.26 Å². The van der Waals surface area contributed by atoms with Gasteiger partial charge in [0.15, 0.2) is 5.85 Å². The van der Waals surface area contributed by atoms with Gasteiger partial charge in [0.05, 0.1) is 6.04 Å². The number of carboxylic acid groups (broad SMARTS) is 1. The maximum atomic E-state index is 12.3. The van der Waals surface area contributed by atoms with Crippen molar-refractivity contribution in [3.8, 4) is 0 Å². The minimum absolute atomic E-state index is 0.359. The van der Waals surface area contributed by atoms with Gasteiger partial charge in [-0.3, -0.25) is 9.46 Å². The zero-order valence-corrected chi connectivity index (χ0v) is 14.3. The monoisotopic (exact) mass is 335 g/mol. The van der Waals surface area contributed by atoms with Crippen molar-refractivity contribution in [1.82, 2.24) is 4.90 Å². The van der Waals surface area contributed by atoms with E-state index in [0.717, 1.165) is 32.8 Å². The molecule has 1 saturated carbocycles. The first kappa shape index (κ1) is 17.7. The summed E-state index contributed by atoms with van der Waals surface area (Å²) < 4.78 is 22.7. The van der Waals surface area contributed by atoms with Gasteiger partial charge in [-0.05, 0) is 26.2 Å². The highest BCUT2D eigenvalue weighted by Crippen LogP contribution is 2.56. The first-order valence-corrected chi connectivity index (χ1v) is 9.42. The maximum absolute atomic E-state index is 12.3. The molecule has 2 aliphatic rings. The van der Waals surface area contributed by atoms with Crippen LogP contribution in [0.15, 0.2) is 0 Å². The summed E-state index contributed by atoms with van der Waals surface area (Å²) in [6, 6.07) is -0.661. The first-order valence-electron chi connectivity index (χ1n) is 7.77. The Balaban J connectivity index is 2.27. The minimum atomic E-state index is -4.03. The molecule has 1 aliphatic heterocycles. The van der Waals surface area contributed by atoms with E-state index in [1.54, 1.807) is 13.8 Å². The SMILES string of the molecule is COP(=O)(O)C1OC(C)(C)N(C(=O)O)[C@H]1CC1CCCCC1. The molecule has 0 aromatic heterocycles. The molecular formula is C14H26NO6P. The van der Waals surface area contributed by atoms with Gasteiger partial charge in [-0.1, -0.05) is 32.1 Å². The summed E-state index contributed by atoms with van der Waals surface area (Å²) >= 11 is 0. The lowest BCUT2D eigenvalue weighted by molar-refractivity contribution is -0.0546. The third kappa shape index (κ3) is 3.48. The highest BCUT2D eigenvalue weighted by molar-refractivity contribution is 7.53. The third-order valence-corrected chi connectivity index (χ3v) is 6.35. The summed E-state index contributed by atoms with van der Waals surface area (Å²) in [5.41, 5.74) is -1.15. The summed E-state index contributed by atoms with van der Waals surface area (Å²) in [7, 11) is -2.88. The smallest absolute Gasteiger partial charge is 0.409 e. The molecule has 0 spiro atoms. The fourth-order valence-corrected chi connectivity index (χ4v) is 4.99. The Bertz CT molecular complexity index is 462. The molecule has 8 heteroatoms. The predicted molar refractivity (Wildman–Crippen MR) is 80.6 cm³/mol. The highest BCUT2D eigenvalue weighted by atomic mass is 31.2. The number of ether oxygens (including phenoxy) is 1. The fraction of sp³-hybridized carbons (Fsp3) is 0.929. The Kier molecular flexibility index (Phi) is 5.22. The highest BCUT2D eigenvalue weighted by Gasteiger charge is 2.57. The van der Waals surface area contributed by atoms with Gasteiger partial charge in [-0.15, -0.1) is 0 Å². The van der Waals surface area contributed by atoms with Gasteiger partial charge >= 0.3 is 13.7 Å². The van der Waals surface area contributed by atoms with Crippen molar-refractivity contribution >= 4 is 13.7 Å². The van der Waals surface area contributed by atoms with E-state index in [9.17, 15) is 19.4 Å². The van der Waals surface area contributed by atoms with Gasteiger partial charge < -0.3 is 19.3 Å². The van der Waals surface area contributed by atoms with Crippen molar-refractivity contribution in [2.45, 2.75) is 70.0 Å². The molecular weight excluding hydrogens is 309 g/mol. The van der Waals surface area contributed by atoms with Crippen molar-refractivity contribution in [3.63, 3.8) is 0 Å². The maximum Gasteiger partial charge on any atom is 0.409 e. The van der Waals surface area contributed by atoms with E-state index in [-0.39, 0.29) is 0 Å². The second-order valence-corrected chi connectivity index (χ2v) is 8.66. The van der Waals surface area contributed by atoms with Crippen LogP contribution in [0, 0.1) is 5.92 Å². The van der Waals surface area contributed by atoms with Gasteiger partial charge in [-0.2, -0.15) is 0 Å². The molecule has 2 rings (SSSR count). The van der Waals surface area contributed by atoms with Gasteiger partial charge in [0.1, 0.15) is 5.72 Å². The van der Waals surface area contributed by atoms with Crippen molar-refractivity contribution in [1.29, 1.82) is 0 Å². The number of amides is 1. The van der Waals surface area contributed by atoms with Crippen LogP contribution in [0.3, 0.4) is 0 Å². The second-order valence-electron chi connectivity index (χ2n) is 6.66. The summed E-state index contributed by atoms with van der Waals surface area (Å²) in [5.74, 6) is -0.775. The average molecular weight is 335 g/mol. The molecule has 0 bridgehead atoms. The molecule has 1 heterocycles. The van der Waals surface area contributed by atoms with Crippen LogP contribution in [-0.2, 0) is 13.8 Å². The van der Waals surface area contributed by atoms with Crippen LogP contribution in [0.1, 0.15) is 52.4 Å². The molecule has 2 N–H and O–H groups in total. The number of carbonyl (C=O) groups is 1. The number of nitrogens with zero attached hydrogens (tertiary/aromatic N) is 1. The Morgan fingerprint density at radius 2 is 1.95 bits per heavy atom. The molecule has 0 aromatic carbocycles. The van der Waals surface area contributed by atoms with E-state index in [2.05, 4.69) is 0 Å². The predicted octanol–water partition coefficient (Wildman–Crippen LogP) is 3.23. The topological polar surface area (TPSA) is 96.3 Å². The summed E-state index contributed by atoms with van der Waals surface area (Å²) in [5, 5.41) is 9.54. The average Bonchev–Trinajstić information content (AvgIpc) is 2.71. The second kappa shape index (κ2) is 6.48. The van der Waals surface area contributed by atoms with Gasteiger partial charge in [0, 0.05) is 7.11 Å². The van der Waals surface area contributed by atoms with Crippen molar-refractivity contribution in [3.05, 3.63) is 0 Å². The van der Waals surface area contributed by atoms with Crippen LogP contribution in [-0.4, -0.2) is 45.7 Å². The molecule has 1 aliphatic carbocycles. The summed E-state index contributed by atoms with van der Waals surface area (Å²) in [4.78, 5) is 22.9. The standard InChI is InChI=1S/C14H26NO6P/c1-14(2)15(13(16)17)11(9-10-7-5-4-6-8-10)12(21-14)22(18,19)20-3/h10-12H,4-9H2,1-3H3,(H,16,17)(H,18,19)/t11-,12?/m0/s1. The normalized spacial score (nSPS) is 31.9. The first-order chi connectivity index (χ1) is 10.2. The number of rotatable bonds is 4. The lowest BCUT2D eigenvalue weighted by atomic mass is 9.84. The molecule has 1 saturated heterocycles. The Morgan fingerprint density at radius 1 is 1.36 bits per heavy atom. The number of hydrogen-bond donors (Lipinski definition) is 2. The number of hydrogen-bond acceptors (Lipinski definition) is 4. The molecule has 128 valence electrons. The van der Waals surface area contributed by atoms with Crippen LogP contribution < -0.4 is 0 Å². The van der Waals surface area contributed by atoms with E-state index in [1.165, 1.54) is 11.3 Å². The third-order valence-electron chi connectivity index (χ3n) is 4.74. The van der Waals surface area contributed by atoms with Crippen LogP contribution in [0.2, 0.25) is 0 Å². The van der Waals surface area contributed by atoms with Gasteiger partial charge in [0.2, 0.25) is 0 Å². The van der Waals surface area contributed by atoms with Gasteiger partial charge in [0.25, 0.3) is 0 Å². The molecule has 0 radical (unpaired) electrons. The molecule has 1 amide bonds. The lowest BCUT2D eigenvalue weighted by Gasteiger charge is -2.33. The quantitative estimate of drug-likeness (QED) is 0.766. The van der Waals surface area contributed by atoms with Crippen LogP contribution >= 0.6 is 7.60 Å². The zero-order valence-electron chi connectivity index (χ0n) is 13.4. The molecule has 22 heavy (non-hydrogen) atoms. The fourth-order valence-electron chi connectivity index (χ4n) is 3.70. The van der Waals surface area contributed by atoms with E-state index in [0.29, 0.717) is 12.3 Å². The van der Waals surface area contributed by atoms with Crippen molar-refractivity contribution in [2.24, 2.45) is 5.92 Å². The van der Waals surface area contributed by atoms with E-state index in [1.807, 2.05) is 0 Å². The largest absolute Gasteiger partial charge is 0.465 e. The van der Waals surface area contributed by atoms with Crippen molar-refractivity contribution < 1.29 is 28.6 Å². The van der Waals surface area contributed by atoms with Crippen LogP contribution in [0.25, 0.3) is 0 Å². The van der Waals surface area contributed by atoms with E-state index >= 15 is 0 Å². The van der Waals surface area contributed by atoms with E-state index < -0.39 is 31.3 Å². The summed E-state index contributed by atoms with van der Waals surface area (Å²) in [6.45, 7) is 3.20. The molecule has 7 nitrogen and oxygen atoms in total. The molecule has 2 fully saturated rings. The minimum Gasteiger partial charge on any atom is -0.465 e. The van der Waals surface area contributed by atoms with Crippen molar-refractivity contribution in [2.75, 3.05) is 7.11 Å². The lowest BCUT2D eigenvalue weighted by Crippen LogP contribution is -2.48.